The molecule has 0 spiro atoms. The van der Waals surface area contributed by atoms with E-state index in [9.17, 15) is 5.11 Å². The second kappa shape index (κ2) is 6.79. The van der Waals surface area contributed by atoms with E-state index >= 15 is 0 Å². The van der Waals surface area contributed by atoms with Crippen LogP contribution in [-0.2, 0) is 6.42 Å². The van der Waals surface area contributed by atoms with Crippen molar-refractivity contribution in [2.24, 2.45) is 5.92 Å². The van der Waals surface area contributed by atoms with Gasteiger partial charge in [0.2, 0.25) is 0 Å². The molecule has 1 aliphatic rings. The van der Waals surface area contributed by atoms with Gasteiger partial charge in [-0.15, -0.1) is 0 Å². The van der Waals surface area contributed by atoms with Gasteiger partial charge in [0, 0.05) is 16.5 Å². The quantitative estimate of drug-likeness (QED) is 0.786. The van der Waals surface area contributed by atoms with Crippen LogP contribution in [0.5, 0.6) is 0 Å². The highest BCUT2D eigenvalue weighted by Crippen LogP contribution is 2.31. The molecule has 100 valence electrons. The highest BCUT2D eigenvalue weighted by Gasteiger charge is 2.22. The van der Waals surface area contributed by atoms with E-state index in [0.717, 1.165) is 18.4 Å². The summed E-state index contributed by atoms with van der Waals surface area (Å²) < 4.78 is 0. The molecular formula is C15H20Cl2O. The average molecular weight is 287 g/mol. The van der Waals surface area contributed by atoms with Gasteiger partial charge in [-0.05, 0) is 36.5 Å². The van der Waals surface area contributed by atoms with Crippen molar-refractivity contribution in [1.29, 1.82) is 0 Å². The predicted octanol–water partition coefficient (Wildman–Crippen LogP) is 4.87. The van der Waals surface area contributed by atoms with E-state index in [-0.39, 0.29) is 6.10 Å². The third kappa shape index (κ3) is 3.63. The normalized spacial score (nSPS) is 19.5. The third-order valence-electron chi connectivity index (χ3n) is 3.92. The van der Waals surface area contributed by atoms with Crippen LogP contribution in [0.15, 0.2) is 18.2 Å². The van der Waals surface area contributed by atoms with Crippen LogP contribution in [-0.4, -0.2) is 11.2 Å². The van der Waals surface area contributed by atoms with E-state index in [1.165, 1.54) is 25.7 Å². The van der Waals surface area contributed by atoms with Gasteiger partial charge in [0.15, 0.2) is 0 Å². The number of aliphatic hydroxyl groups excluding tert-OH is 1. The molecule has 0 saturated heterocycles. The van der Waals surface area contributed by atoms with Crippen LogP contribution >= 0.6 is 23.2 Å². The maximum atomic E-state index is 10.4. The molecule has 1 aromatic carbocycles. The van der Waals surface area contributed by atoms with Crippen LogP contribution in [0.3, 0.4) is 0 Å². The van der Waals surface area contributed by atoms with Crippen molar-refractivity contribution < 1.29 is 5.11 Å². The molecule has 0 heterocycles. The van der Waals surface area contributed by atoms with E-state index in [0.29, 0.717) is 22.4 Å². The summed E-state index contributed by atoms with van der Waals surface area (Å²) in [6, 6.07) is 5.51. The van der Waals surface area contributed by atoms with Gasteiger partial charge >= 0.3 is 0 Å². The second-order valence-corrected chi connectivity index (χ2v) is 6.04. The molecule has 1 atom stereocenters. The van der Waals surface area contributed by atoms with Crippen molar-refractivity contribution in [3.63, 3.8) is 0 Å². The Labute approximate surface area is 119 Å². The maximum absolute atomic E-state index is 10.4. The zero-order chi connectivity index (χ0) is 13.0. The molecular weight excluding hydrogens is 267 g/mol. The molecule has 2 rings (SSSR count). The highest BCUT2D eigenvalue weighted by molar-refractivity contribution is 6.35. The summed E-state index contributed by atoms with van der Waals surface area (Å²) in [4.78, 5) is 0. The lowest BCUT2D eigenvalue weighted by molar-refractivity contribution is 0.0986. The van der Waals surface area contributed by atoms with Gasteiger partial charge in [-0.1, -0.05) is 55.0 Å². The summed E-state index contributed by atoms with van der Waals surface area (Å²) in [7, 11) is 0. The van der Waals surface area contributed by atoms with Gasteiger partial charge in [-0.2, -0.15) is 0 Å². The van der Waals surface area contributed by atoms with Crippen LogP contribution < -0.4 is 0 Å². The summed E-state index contributed by atoms with van der Waals surface area (Å²) in [5, 5.41) is 11.7. The van der Waals surface area contributed by atoms with E-state index in [4.69, 9.17) is 23.2 Å². The fourth-order valence-corrected chi connectivity index (χ4v) is 3.35. The zero-order valence-corrected chi connectivity index (χ0v) is 12.1. The molecule has 18 heavy (non-hydrogen) atoms. The molecule has 0 bridgehead atoms. The molecule has 0 radical (unpaired) electrons. The Balaban J connectivity index is 2.03. The van der Waals surface area contributed by atoms with Crippen molar-refractivity contribution in [2.75, 3.05) is 0 Å². The Kier molecular flexibility index (Phi) is 5.35. The molecule has 1 aromatic rings. The van der Waals surface area contributed by atoms with Crippen molar-refractivity contribution in [1.82, 2.24) is 0 Å². The van der Waals surface area contributed by atoms with Gasteiger partial charge in [-0.3, -0.25) is 0 Å². The number of halogens is 2. The number of rotatable bonds is 3. The Hall–Kier alpha value is -0.240. The SMILES string of the molecule is OC(Cc1c(Cl)cccc1Cl)C1CCCCCC1. The smallest absolute Gasteiger partial charge is 0.0609 e. The largest absolute Gasteiger partial charge is 0.392 e. The Morgan fingerprint density at radius 3 is 2.17 bits per heavy atom. The predicted molar refractivity (Wildman–Crippen MR) is 77.4 cm³/mol. The molecule has 0 aliphatic heterocycles. The first-order chi connectivity index (χ1) is 8.68. The molecule has 0 amide bonds. The van der Waals surface area contributed by atoms with Crippen LogP contribution in [0.2, 0.25) is 10.0 Å². The monoisotopic (exact) mass is 286 g/mol. The zero-order valence-electron chi connectivity index (χ0n) is 10.5. The number of hydrogen-bond acceptors (Lipinski definition) is 1. The fraction of sp³-hybridized carbons (Fsp3) is 0.600. The first-order valence-corrected chi connectivity index (χ1v) is 7.55. The van der Waals surface area contributed by atoms with Crippen molar-refractivity contribution in [3.8, 4) is 0 Å². The van der Waals surface area contributed by atoms with Crippen molar-refractivity contribution in [2.45, 2.75) is 51.0 Å². The molecule has 1 fully saturated rings. The second-order valence-electron chi connectivity index (χ2n) is 5.22. The highest BCUT2D eigenvalue weighted by atomic mass is 35.5. The summed E-state index contributed by atoms with van der Waals surface area (Å²) in [5.41, 5.74) is 0.887. The molecule has 1 unspecified atom stereocenters. The van der Waals surface area contributed by atoms with Gasteiger partial charge in [0.25, 0.3) is 0 Å². The lowest BCUT2D eigenvalue weighted by Gasteiger charge is -2.22. The minimum Gasteiger partial charge on any atom is -0.392 e. The molecule has 1 saturated carbocycles. The van der Waals surface area contributed by atoms with Crippen LogP contribution in [0.4, 0.5) is 0 Å². The summed E-state index contributed by atoms with van der Waals surface area (Å²) in [6.45, 7) is 0. The molecule has 3 heteroatoms. The van der Waals surface area contributed by atoms with Gasteiger partial charge in [-0.25, -0.2) is 0 Å². The molecule has 1 N–H and O–H groups in total. The molecule has 1 nitrogen and oxygen atoms in total. The summed E-state index contributed by atoms with van der Waals surface area (Å²) in [5.74, 6) is 0.403. The van der Waals surface area contributed by atoms with Gasteiger partial charge < -0.3 is 5.11 Å². The molecule has 1 aliphatic carbocycles. The van der Waals surface area contributed by atoms with Crippen LogP contribution in [0.1, 0.15) is 44.1 Å². The minimum atomic E-state index is -0.319. The Morgan fingerprint density at radius 1 is 1.06 bits per heavy atom. The number of benzene rings is 1. The number of hydrogen-bond donors (Lipinski definition) is 1. The standard InChI is InChI=1S/C15H20Cl2O/c16-13-8-5-9-14(17)12(13)10-15(18)11-6-3-1-2-4-7-11/h5,8-9,11,15,18H,1-4,6-7,10H2. The van der Waals surface area contributed by atoms with Crippen LogP contribution in [0.25, 0.3) is 0 Å². The van der Waals surface area contributed by atoms with Crippen molar-refractivity contribution >= 4 is 23.2 Å². The first kappa shape index (κ1) is 14.2. The van der Waals surface area contributed by atoms with Gasteiger partial charge in [0.05, 0.1) is 6.10 Å². The Bertz CT molecular complexity index is 364. The fourth-order valence-electron chi connectivity index (χ4n) is 2.80. The lowest BCUT2D eigenvalue weighted by atomic mass is 9.90. The first-order valence-electron chi connectivity index (χ1n) is 6.79. The topological polar surface area (TPSA) is 20.2 Å². The maximum Gasteiger partial charge on any atom is 0.0609 e. The average Bonchev–Trinajstić information content (AvgIpc) is 2.62. The van der Waals surface area contributed by atoms with E-state index in [1.807, 2.05) is 18.2 Å². The van der Waals surface area contributed by atoms with E-state index in [1.54, 1.807) is 0 Å². The van der Waals surface area contributed by atoms with Crippen LogP contribution in [0, 0.1) is 5.92 Å². The Morgan fingerprint density at radius 2 is 1.61 bits per heavy atom. The summed E-state index contributed by atoms with van der Waals surface area (Å²) >= 11 is 12.3. The van der Waals surface area contributed by atoms with Crippen molar-refractivity contribution in [3.05, 3.63) is 33.8 Å². The molecule has 0 aromatic heterocycles. The summed E-state index contributed by atoms with van der Waals surface area (Å²) in [6.07, 6.45) is 7.58. The third-order valence-corrected chi connectivity index (χ3v) is 4.63. The van der Waals surface area contributed by atoms with Gasteiger partial charge in [0.1, 0.15) is 0 Å². The minimum absolute atomic E-state index is 0.319. The van der Waals surface area contributed by atoms with E-state index in [2.05, 4.69) is 0 Å². The lowest BCUT2D eigenvalue weighted by Crippen LogP contribution is -2.22. The van der Waals surface area contributed by atoms with E-state index < -0.39 is 0 Å². The number of aliphatic hydroxyl groups is 1.